The van der Waals surface area contributed by atoms with E-state index in [0.717, 1.165) is 0 Å². The Hall–Kier alpha value is -2.00. The minimum Gasteiger partial charge on any atom is -0.423 e. The first kappa shape index (κ1) is 12.5. The van der Waals surface area contributed by atoms with Crippen molar-refractivity contribution in [3.63, 3.8) is 0 Å². The lowest BCUT2D eigenvalue weighted by Crippen LogP contribution is -1.97. The van der Waals surface area contributed by atoms with Gasteiger partial charge in [0, 0.05) is 5.69 Å². The highest BCUT2D eigenvalue weighted by Gasteiger charge is 2.08. The monoisotopic (exact) mass is 307 g/mol. The van der Waals surface area contributed by atoms with E-state index in [0.29, 0.717) is 15.9 Å². The molecule has 2 rings (SSSR count). The summed E-state index contributed by atoms with van der Waals surface area (Å²) in [6.07, 6.45) is 0. The molecule has 6 heteroatoms. The molecule has 1 heterocycles. The summed E-state index contributed by atoms with van der Waals surface area (Å²) in [7, 11) is 0. The van der Waals surface area contributed by atoms with Gasteiger partial charge < -0.3 is 4.74 Å². The lowest BCUT2D eigenvalue weighted by molar-refractivity contribution is 0.435. The van der Waals surface area contributed by atoms with Crippen LogP contribution in [0, 0.1) is 24.1 Å². The maximum atomic E-state index is 12.9. The number of benzene rings is 1. The van der Waals surface area contributed by atoms with Gasteiger partial charge in [-0.3, -0.25) is 0 Å². The van der Waals surface area contributed by atoms with E-state index in [-0.39, 0.29) is 17.5 Å². The Balaban J connectivity index is 2.34. The van der Waals surface area contributed by atoms with Crippen LogP contribution in [-0.2, 0) is 0 Å². The number of ether oxygens (including phenoxy) is 1. The first-order valence-corrected chi connectivity index (χ1v) is 5.76. The van der Waals surface area contributed by atoms with E-state index in [1.54, 1.807) is 13.0 Å². The van der Waals surface area contributed by atoms with Crippen LogP contribution in [0.5, 0.6) is 11.8 Å². The van der Waals surface area contributed by atoms with Crippen molar-refractivity contribution in [2.75, 3.05) is 0 Å². The summed E-state index contributed by atoms with van der Waals surface area (Å²) in [5, 5.41) is 8.79. The molecule has 4 nitrogen and oxygen atoms in total. The highest BCUT2D eigenvalue weighted by atomic mass is 79.9. The Kier molecular flexibility index (Phi) is 3.53. The zero-order valence-corrected chi connectivity index (χ0v) is 10.9. The van der Waals surface area contributed by atoms with Gasteiger partial charge in [-0.05, 0) is 47.1 Å². The van der Waals surface area contributed by atoms with Gasteiger partial charge in [0.05, 0.1) is 4.47 Å². The molecule has 0 bridgehead atoms. The fraction of sp³-hybridized carbons (Fsp3) is 0.0833. The van der Waals surface area contributed by atoms with Gasteiger partial charge in [-0.25, -0.2) is 9.37 Å². The predicted octanol–water partition coefficient (Wildman–Crippen LogP) is 3.35. The molecule has 1 aromatic heterocycles. The molecule has 0 fully saturated rings. The van der Waals surface area contributed by atoms with Crippen molar-refractivity contribution in [1.29, 1.82) is 5.26 Å². The van der Waals surface area contributed by atoms with Crippen LogP contribution in [0.25, 0.3) is 0 Å². The number of nitriles is 1. The molecule has 0 N–H and O–H groups in total. The van der Waals surface area contributed by atoms with Crippen molar-refractivity contribution < 1.29 is 9.13 Å². The van der Waals surface area contributed by atoms with Crippen molar-refractivity contribution in [2.24, 2.45) is 0 Å². The summed E-state index contributed by atoms with van der Waals surface area (Å²) in [6, 6.07) is 7.51. The summed E-state index contributed by atoms with van der Waals surface area (Å²) >= 11 is 3.17. The molecule has 0 atom stereocenters. The minimum absolute atomic E-state index is 0.0545. The van der Waals surface area contributed by atoms with E-state index in [1.807, 2.05) is 6.07 Å². The molecular weight excluding hydrogens is 301 g/mol. The van der Waals surface area contributed by atoms with Crippen LogP contribution in [0.1, 0.15) is 11.4 Å². The molecule has 2 aromatic rings. The maximum Gasteiger partial charge on any atom is 0.323 e. The molecule has 0 aliphatic carbocycles. The molecule has 0 unspecified atom stereocenters. The first-order chi connectivity index (χ1) is 8.58. The fourth-order valence-electron chi connectivity index (χ4n) is 1.30. The molecule has 0 aliphatic rings. The number of halogens is 2. The molecule has 0 radical (unpaired) electrons. The molecule has 1 aromatic carbocycles. The number of hydrogen-bond donors (Lipinski definition) is 0. The van der Waals surface area contributed by atoms with Gasteiger partial charge in [0.25, 0.3) is 0 Å². The van der Waals surface area contributed by atoms with Crippen LogP contribution in [0.3, 0.4) is 0 Å². The van der Waals surface area contributed by atoms with Gasteiger partial charge in [-0.2, -0.15) is 10.2 Å². The molecule has 0 saturated heterocycles. The minimum atomic E-state index is -0.378. The second-order valence-corrected chi connectivity index (χ2v) is 4.32. The van der Waals surface area contributed by atoms with E-state index in [9.17, 15) is 4.39 Å². The summed E-state index contributed by atoms with van der Waals surface area (Å²) in [6.45, 7) is 1.73. The van der Waals surface area contributed by atoms with Crippen molar-refractivity contribution >= 4 is 15.9 Å². The van der Waals surface area contributed by atoms with Gasteiger partial charge in [0.2, 0.25) is 0 Å². The number of aryl methyl sites for hydroxylation is 1. The van der Waals surface area contributed by atoms with Gasteiger partial charge in [-0.1, -0.05) is 0 Å². The number of nitrogens with zero attached hydrogens (tertiary/aromatic N) is 3. The Morgan fingerprint density at radius 1 is 1.33 bits per heavy atom. The molecule has 0 aliphatic heterocycles. The predicted molar refractivity (Wildman–Crippen MR) is 65.7 cm³/mol. The molecule has 0 saturated carbocycles. The normalized spacial score (nSPS) is 9.89. The van der Waals surface area contributed by atoms with Crippen molar-refractivity contribution in [3.8, 4) is 17.8 Å². The molecule has 90 valence electrons. The summed E-state index contributed by atoms with van der Waals surface area (Å²) in [4.78, 5) is 7.94. The number of rotatable bonds is 2. The summed E-state index contributed by atoms with van der Waals surface area (Å²) in [5.41, 5.74) is 0.838. The first-order valence-electron chi connectivity index (χ1n) is 4.97. The van der Waals surface area contributed by atoms with Crippen LogP contribution >= 0.6 is 15.9 Å². The van der Waals surface area contributed by atoms with Crippen LogP contribution in [-0.4, -0.2) is 9.97 Å². The Morgan fingerprint density at radius 3 is 2.78 bits per heavy atom. The second kappa shape index (κ2) is 5.10. The maximum absolute atomic E-state index is 12.9. The van der Waals surface area contributed by atoms with Crippen LogP contribution < -0.4 is 4.74 Å². The topological polar surface area (TPSA) is 58.8 Å². The van der Waals surface area contributed by atoms with E-state index in [1.165, 1.54) is 18.2 Å². The second-order valence-electron chi connectivity index (χ2n) is 3.47. The van der Waals surface area contributed by atoms with Gasteiger partial charge >= 0.3 is 6.01 Å². The smallest absolute Gasteiger partial charge is 0.323 e. The largest absolute Gasteiger partial charge is 0.423 e. The standard InChI is InChI=1S/C12H7BrFN3O/c1-7-4-9(6-15)17-12(16-7)18-11-3-2-8(14)5-10(11)13/h2-5H,1H3. The van der Waals surface area contributed by atoms with Gasteiger partial charge in [-0.15, -0.1) is 0 Å². The SMILES string of the molecule is Cc1cc(C#N)nc(Oc2ccc(F)cc2Br)n1. The highest BCUT2D eigenvalue weighted by Crippen LogP contribution is 2.28. The Bertz CT molecular complexity index is 640. The molecule has 18 heavy (non-hydrogen) atoms. The third-order valence-electron chi connectivity index (χ3n) is 2.04. The zero-order chi connectivity index (χ0) is 13.1. The van der Waals surface area contributed by atoms with Crippen LogP contribution in [0.2, 0.25) is 0 Å². The third-order valence-corrected chi connectivity index (χ3v) is 2.66. The fourth-order valence-corrected chi connectivity index (χ4v) is 1.73. The molecule has 0 spiro atoms. The molecular formula is C12H7BrFN3O. The van der Waals surface area contributed by atoms with Crippen molar-refractivity contribution in [1.82, 2.24) is 9.97 Å². The quantitative estimate of drug-likeness (QED) is 0.853. The van der Waals surface area contributed by atoms with E-state index < -0.39 is 0 Å². The Morgan fingerprint density at radius 2 is 2.11 bits per heavy atom. The average Bonchev–Trinajstić information content (AvgIpc) is 2.32. The van der Waals surface area contributed by atoms with Gasteiger partial charge in [0.15, 0.2) is 0 Å². The van der Waals surface area contributed by atoms with E-state index in [2.05, 4.69) is 25.9 Å². The van der Waals surface area contributed by atoms with Crippen LogP contribution in [0.4, 0.5) is 4.39 Å². The zero-order valence-electron chi connectivity index (χ0n) is 9.32. The van der Waals surface area contributed by atoms with Gasteiger partial charge in [0.1, 0.15) is 23.3 Å². The van der Waals surface area contributed by atoms with E-state index in [4.69, 9.17) is 10.00 Å². The lowest BCUT2D eigenvalue weighted by Gasteiger charge is -2.06. The molecule has 0 amide bonds. The number of aromatic nitrogens is 2. The third kappa shape index (κ3) is 2.81. The van der Waals surface area contributed by atoms with Crippen LogP contribution in [0.15, 0.2) is 28.7 Å². The highest BCUT2D eigenvalue weighted by molar-refractivity contribution is 9.10. The van der Waals surface area contributed by atoms with Crippen molar-refractivity contribution in [3.05, 3.63) is 45.9 Å². The Labute approximate surface area is 111 Å². The average molecular weight is 308 g/mol. The van der Waals surface area contributed by atoms with E-state index >= 15 is 0 Å². The number of hydrogen-bond acceptors (Lipinski definition) is 4. The summed E-state index contributed by atoms with van der Waals surface area (Å²) < 4.78 is 18.8. The van der Waals surface area contributed by atoms with Crippen molar-refractivity contribution in [2.45, 2.75) is 6.92 Å². The summed E-state index contributed by atoms with van der Waals surface area (Å²) in [5.74, 6) is 0.00277. The lowest BCUT2D eigenvalue weighted by atomic mass is 10.3.